The number of methoxy groups -OCH3 is 1. The maximum atomic E-state index is 13.0. The van der Waals surface area contributed by atoms with Crippen LogP contribution in [0.3, 0.4) is 0 Å². The lowest BCUT2D eigenvalue weighted by molar-refractivity contribution is -0.348. The number of aliphatic hydroxyl groups is 3. The Labute approximate surface area is 341 Å². The van der Waals surface area contributed by atoms with Gasteiger partial charge in [0, 0.05) is 39.6 Å². The molecule has 0 aromatic carbocycles. The van der Waals surface area contributed by atoms with Gasteiger partial charge in [-0.25, -0.2) is 0 Å². The van der Waals surface area contributed by atoms with E-state index in [0.29, 0.717) is 32.0 Å². The second kappa shape index (κ2) is 23.8. The molecule has 1 unspecified atom stereocenters. The van der Waals surface area contributed by atoms with Crippen LogP contribution in [0.2, 0.25) is 0 Å². The molecule has 3 aliphatic rings. The Kier molecular flexibility index (Phi) is 20.7. The SMILES string of the molecule is CCCO[C@]1(C)C[C@H](O[C@H]2[C@H](N(C)C)[C@@H](O)[C@H](O[C@H]3C(CC=O)C[C@@H](C)[C@@H](O)/C=C/C=C/C[C@@H](C)OC(=O)C[C@@H](O)[C@@H]3OC)O[C@@H]2C)O[C@@H](C)[C@@H]1OCCC(C)C. The van der Waals surface area contributed by atoms with Crippen LogP contribution in [0.4, 0.5) is 0 Å². The molecule has 0 spiro atoms. The molecule has 3 aliphatic heterocycles. The summed E-state index contributed by atoms with van der Waals surface area (Å²) >= 11 is 0. The van der Waals surface area contributed by atoms with Crippen molar-refractivity contribution in [3.05, 3.63) is 24.3 Å². The highest BCUT2D eigenvalue weighted by Gasteiger charge is 2.53. The molecule has 330 valence electrons. The number of cyclic esters (lactones) is 1. The first-order valence-corrected chi connectivity index (χ1v) is 21.0. The third-order valence-electron chi connectivity index (χ3n) is 11.4. The molecule has 3 rings (SSSR count). The molecular weight excluding hydrogens is 738 g/mol. The Morgan fingerprint density at radius 3 is 2.35 bits per heavy atom. The van der Waals surface area contributed by atoms with E-state index < -0.39 is 91.4 Å². The van der Waals surface area contributed by atoms with Crippen LogP contribution in [-0.4, -0.2) is 152 Å². The molecular formula is C43H75NO13. The van der Waals surface area contributed by atoms with Crippen LogP contribution in [0.25, 0.3) is 0 Å². The standard InChI is InChI=1S/C43H75NO13/c1-12-21-52-43(8)25-35(54-30(7)41(43)51-22-19-26(2)3)56-38-29(6)55-42(37(49)36(38)44(9)10)57-39-31(18-20-45)23-27(4)32(46)17-15-13-14-16-28(5)53-34(48)24-33(47)40(39)50-11/h13-15,17,20,26-33,35-42,46-47,49H,12,16,18-19,21-25H2,1-11H3/b14-13+,17-15+/t27-,28-,29-,30+,31?,32+,33-,35+,36-,37-,38-,39+,40+,41+,42+,43-/m1/s1. The normalized spacial score (nSPS) is 41.5. The van der Waals surface area contributed by atoms with E-state index in [9.17, 15) is 24.9 Å². The number of hydrogen-bond donors (Lipinski definition) is 3. The highest BCUT2D eigenvalue weighted by atomic mass is 16.7. The van der Waals surface area contributed by atoms with Crippen LogP contribution in [0.5, 0.6) is 0 Å². The zero-order valence-electron chi connectivity index (χ0n) is 36.4. The molecule has 14 nitrogen and oxygen atoms in total. The van der Waals surface area contributed by atoms with E-state index in [2.05, 4.69) is 20.8 Å². The third-order valence-corrected chi connectivity index (χ3v) is 11.4. The summed E-state index contributed by atoms with van der Waals surface area (Å²) in [5.74, 6) is -1.09. The average Bonchev–Trinajstić information content (AvgIpc) is 3.12. The maximum Gasteiger partial charge on any atom is 0.308 e. The van der Waals surface area contributed by atoms with Crippen LogP contribution in [0.15, 0.2) is 24.3 Å². The lowest BCUT2D eigenvalue weighted by Gasteiger charge is -2.51. The molecule has 2 fully saturated rings. The van der Waals surface area contributed by atoms with Crippen LogP contribution in [0.1, 0.15) is 100 Å². The number of carbonyl (C=O) groups is 2. The molecule has 0 saturated carbocycles. The molecule has 0 aromatic rings. The van der Waals surface area contributed by atoms with Gasteiger partial charge in [0.05, 0.1) is 48.6 Å². The fourth-order valence-electron chi connectivity index (χ4n) is 8.23. The summed E-state index contributed by atoms with van der Waals surface area (Å²) in [5, 5.41) is 34.6. The predicted octanol–water partition coefficient (Wildman–Crippen LogP) is 4.35. The fourth-order valence-corrected chi connectivity index (χ4v) is 8.23. The molecule has 2 saturated heterocycles. The lowest BCUT2D eigenvalue weighted by Crippen LogP contribution is -2.66. The Hall–Kier alpha value is -1.82. The first-order chi connectivity index (χ1) is 27.0. The van der Waals surface area contributed by atoms with E-state index in [1.165, 1.54) is 7.11 Å². The summed E-state index contributed by atoms with van der Waals surface area (Å²) in [5.41, 5.74) is -0.693. The smallest absolute Gasteiger partial charge is 0.308 e. The molecule has 0 bridgehead atoms. The predicted molar refractivity (Wildman–Crippen MR) is 214 cm³/mol. The van der Waals surface area contributed by atoms with Gasteiger partial charge in [0.15, 0.2) is 12.6 Å². The van der Waals surface area contributed by atoms with Crippen molar-refractivity contribution in [2.75, 3.05) is 34.4 Å². The van der Waals surface area contributed by atoms with E-state index >= 15 is 0 Å². The number of allylic oxidation sites excluding steroid dienone is 2. The Balaban J connectivity index is 1.92. The molecule has 16 atom stereocenters. The van der Waals surface area contributed by atoms with Crippen molar-refractivity contribution in [2.24, 2.45) is 17.8 Å². The molecule has 3 heterocycles. The van der Waals surface area contributed by atoms with Gasteiger partial charge in [-0.2, -0.15) is 0 Å². The molecule has 14 heteroatoms. The van der Waals surface area contributed by atoms with Crippen molar-refractivity contribution in [1.29, 1.82) is 0 Å². The van der Waals surface area contributed by atoms with E-state index in [4.69, 9.17) is 37.9 Å². The van der Waals surface area contributed by atoms with Gasteiger partial charge in [-0.15, -0.1) is 0 Å². The van der Waals surface area contributed by atoms with Gasteiger partial charge in [0.2, 0.25) is 0 Å². The summed E-state index contributed by atoms with van der Waals surface area (Å²) in [7, 11) is 5.05. The second-order valence-electron chi connectivity index (χ2n) is 17.2. The number of ether oxygens (including phenoxy) is 8. The number of nitrogens with zero attached hydrogens (tertiary/aromatic N) is 1. The number of hydrogen-bond acceptors (Lipinski definition) is 14. The van der Waals surface area contributed by atoms with Crippen molar-refractivity contribution in [3.63, 3.8) is 0 Å². The highest BCUT2D eigenvalue weighted by Crippen LogP contribution is 2.39. The third kappa shape index (κ3) is 14.4. The van der Waals surface area contributed by atoms with Gasteiger partial charge in [-0.1, -0.05) is 52.0 Å². The van der Waals surface area contributed by atoms with Crippen molar-refractivity contribution in [2.45, 2.75) is 186 Å². The van der Waals surface area contributed by atoms with Crippen molar-refractivity contribution < 1.29 is 62.8 Å². The number of aliphatic hydroxyl groups excluding tert-OH is 3. The zero-order chi connectivity index (χ0) is 42.4. The Morgan fingerprint density at radius 1 is 1.00 bits per heavy atom. The number of esters is 1. The molecule has 0 amide bonds. The van der Waals surface area contributed by atoms with E-state index in [1.807, 2.05) is 52.8 Å². The van der Waals surface area contributed by atoms with Crippen molar-refractivity contribution in [1.82, 2.24) is 4.90 Å². The maximum absolute atomic E-state index is 13.0. The first-order valence-electron chi connectivity index (χ1n) is 21.0. The van der Waals surface area contributed by atoms with Gasteiger partial charge in [-0.05, 0) is 78.8 Å². The van der Waals surface area contributed by atoms with Crippen LogP contribution >= 0.6 is 0 Å². The van der Waals surface area contributed by atoms with E-state index in [-0.39, 0.29) is 31.0 Å². The van der Waals surface area contributed by atoms with Gasteiger partial charge in [-0.3, -0.25) is 4.79 Å². The molecule has 0 radical (unpaired) electrons. The average molecular weight is 814 g/mol. The monoisotopic (exact) mass is 814 g/mol. The summed E-state index contributed by atoms with van der Waals surface area (Å²) in [4.78, 5) is 27.0. The minimum absolute atomic E-state index is 0.0150. The van der Waals surface area contributed by atoms with Crippen molar-refractivity contribution >= 4 is 12.3 Å². The van der Waals surface area contributed by atoms with Crippen molar-refractivity contribution in [3.8, 4) is 0 Å². The van der Waals surface area contributed by atoms with Crippen LogP contribution in [-0.2, 0) is 47.5 Å². The largest absolute Gasteiger partial charge is 0.462 e. The topological polar surface area (TPSA) is 172 Å². The highest BCUT2D eigenvalue weighted by molar-refractivity contribution is 5.70. The van der Waals surface area contributed by atoms with E-state index in [0.717, 1.165) is 19.1 Å². The number of carbonyl (C=O) groups excluding carboxylic acids is 2. The number of rotatable bonds is 15. The first kappa shape index (κ1) is 49.5. The summed E-state index contributed by atoms with van der Waals surface area (Å²) in [6.45, 7) is 17.0. The molecule has 57 heavy (non-hydrogen) atoms. The van der Waals surface area contributed by atoms with Gasteiger partial charge < -0.3 is 62.9 Å². The minimum atomic E-state index is -1.40. The molecule has 3 N–H and O–H groups in total. The van der Waals surface area contributed by atoms with Crippen LogP contribution in [0, 0.1) is 17.8 Å². The van der Waals surface area contributed by atoms with E-state index in [1.54, 1.807) is 25.2 Å². The fraction of sp³-hybridized carbons (Fsp3) is 0.860. The van der Waals surface area contributed by atoms with Gasteiger partial charge in [0.1, 0.15) is 36.8 Å². The second-order valence-corrected chi connectivity index (χ2v) is 17.2. The molecule has 0 aromatic heterocycles. The minimum Gasteiger partial charge on any atom is -0.462 e. The summed E-state index contributed by atoms with van der Waals surface area (Å²) in [6, 6.07) is -0.655. The lowest BCUT2D eigenvalue weighted by atomic mass is 9.82. The number of aldehydes is 1. The summed E-state index contributed by atoms with van der Waals surface area (Å²) < 4.78 is 50.5. The van der Waals surface area contributed by atoms with Gasteiger partial charge in [0.25, 0.3) is 0 Å². The quantitative estimate of drug-likeness (QED) is 0.157. The summed E-state index contributed by atoms with van der Waals surface area (Å²) in [6.07, 6.45) is 0.0704. The van der Waals surface area contributed by atoms with Gasteiger partial charge >= 0.3 is 5.97 Å². The number of likely N-dealkylation sites (N-methyl/N-ethyl adjacent to an activating group) is 1. The Morgan fingerprint density at radius 2 is 1.72 bits per heavy atom. The zero-order valence-corrected chi connectivity index (χ0v) is 36.4. The molecule has 0 aliphatic carbocycles. The Bertz CT molecular complexity index is 1250. The van der Waals surface area contributed by atoms with Crippen LogP contribution < -0.4 is 0 Å².